The molecule has 0 heterocycles. The third kappa shape index (κ3) is 2.99. The predicted octanol–water partition coefficient (Wildman–Crippen LogP) is 1.79. The van der Waals surface area contributed by atoms with Crippen LogP contribution in [0.3, 0.4) is 0 Å². The van der Waals surface area contributed by atoms with Crippen LogP contribution in [0.1, 0.15) is 0 Å². The Labute approximate surface area is 76.6 Å². The van der Waals surface area contributed by atoms with Crippen molar-refractivity contribution in [3.8, 4) is 11.5 Å². The Morgan fingerprint density at radius 1 is 1.23 bits per heavy atom. The molecule has 1 aromatic carbocycles. The predicted molar refractivity (Wildman–Crippen MR) is 48.8 cm³/mol. The second kappa shape index (κ2) is 4.98. The summed E-state index contributed by atoms with van der Waals surface area (Å²) in [6.07, 6.45) is 1.66. The fraction of sp³-hybridized carbons (Fsp3) is 0.100. The SMILES string of the molecule is C=CCOc1ccc(OC=O)cc1. The number of hydrogen-bond donors (Lipinski definition) is 0. The Balaban J connectivity index is 2.58. The molecule has 0 aliphatic rings. The minimum atomic E-state index is 0.388. The van der Waals surface area contributed by atoms with Crippen LogP contribution in [0.2, 0.25) is 0 Å². The molecule has 0 bridgehead atoms. The summed E-state index contributed by atoms with van der Waals surface area (Å²) in [5, 5.41) is 0. The summed E-state index contributed by atoms with van der Waals surface area (Å²) in [5.74, 6) is 1.22. The first kappa shape index (κ1) is 9.32. The standard InChI is InChI=1S/C10H10O3/c1-2-7-12-9-3-5-10(6-4-9)13-8-11/h2-6,8H,1,7H2. The first-order chi connectivity index (χ1) is 6.36. The summed E-state index contributed by atoms with van der Waals surface area (Å²) >= 11 is 0. The molecule has 0 aromatic heterocycles. The molecule has 0 fully saturated rings. The van der Waals surface area contributed by atoms with Crippen LogP contribution in [0.15, 0.2) is 36.9 Å². The summed E-state index contributed by atoms with van der Waals surface area (Å²) in [6.45, 7) is 4.38. The normalized spacial score (nSPS) is 8.92. The molecule has 0 aliphatic heterocycles. The van der Waals surface area contributed by atoms with E-state index in [2.05, 4.69) is 11.3 Å². The summed E-state index contributed by atoms with van der Waals surface area (Å²) in [6, 6.07) is 6.77. The van der Waals surface area contributed by atoms with E-state index in [1.54, 1.807) is 30.3 Å². The number of carbonyl (C=O) groups is 1. The zero-order valence-electron chi connectivity index (χ0n) is 7.10. The minimum Gasteiger partial charge on any atom is -0.490 e. The summed E-state index contributed by atoms with van der Waals surface area (Å²) in [4.78, 5) is 9.96. The van der Waals surface area contributed by atoms with Gasteiger partial charge in [0.1, 0.15) is 18.1 Å². The Morgan fingerprint density at radius 3 is 2.38 bits per heavy atom. The van der Waals surface area contributed by atoms with E-state index >= 15 is 0 Å². The van der Waals surface area contributed by atoms with Crippen molar-refractivity contribution in [2.24, 2.45) is 0 Å². The van der Waals surface area contributed by atoms with Gasteiger partial charge >= 0.3 is 0 Å². The van der Waals surface area contributed by atoms with E-state index in [-0.39, 0.29) is 0 Å². The van der Waals surface area contributed by atoms with Crippen molar-refractivity contribution in [1.29, 1.82) is 0 Å². The second-order valence-electron chi connectivity index (χ2n) is 2.29. The van der Waals surface area contributed by atoms with Crippen LogP contribution >= 0.6 is 0 Å². The highest BCUT2D eigenvalue weighted by molar-refractivity contribution is 5.45. The van der Waals surface area contributed by atoms with Gasteiger partial charge in [0.25, 0.3) is 6.47 Å². The molecule has 3 nitrogen and oxygen atoms in total. The summed E-state index contributed by atoms with van der Waals surface area (Å²) in [7, 11) is 0. The van der Waals surface area contributed by atoms with Gasteiger partial charge in [-0.25, -0.2) is 0 Å². The molecule has 3 heteroatoms. The van der Waals surface area contributed by atoms with Gasteiger partial charge < -0.3 is 9.47 Å². The number of ether oxygens (including phenoxy) is 2. The van der Waals surface area contributed by atoms with E-state index < -0.39 is 0 Å². The molecule has 1 rings (SSSR count). The molecule has 0 unspecified atom stereocenters. The van der Waals surface area contributed by atoms with E-state index in [1.165, 1.54) is 0 Å². The second-order valence-corrected chi connectivity index (χ2v) is 2.29. The molecule has 0 spiro atoms. The molecule has 0 N–H and O–H groups in total. The Morgan fingerprint density at radius 2 is 1.85 bits per heavy atom. The van der Waals surface area contributed by atoms with E-state index in [9.17, 15) is 4.79 Å². The first-order valence-corrected chi connectivity index (χ1v) is 3.81. The monoisotopic (exact) mass is 178 g/mol. The largest absolute Gasteiger partial charge is 0.490 e. The Kier molecular flexibility index (Phi) is 3.57. The van der Waals surface area contributed by atoms with Crippen molar-refractivity contribution in [3.05, 3.63) is 36.9 Å². The molecule has 0 radical (unpaired) electrons. The van der Waals surface area contributed by atoms with E-state index in [0.29, 0.717) is 18.8 Å². The van der Waals surface area contributed by atoms with Crippen molar-refractivity contribution in [2.45, 2.75) is 0 Å². The van der Waals surface area contributed by atoms with Crippen molar-refractivity contribution < 1.29 is 14.3 Å². The maximum Gasteiger partial charge on any atom is 0.298 e. The Hall–Kier alpha value is -1.77. The van der Waals surface area contributed by atoms with Crippen molar-refractivity contribution in [2.75, 3.05) is 6.61 Å². The van der Waals surface area contributed by atoms with Crippen molar-refractivity contribution in [3.63, 3.8) is 0 Å². The Bertz CT molecular complexity index is 277. The quantitative estimate of drug-likeness (QED) is 0.509. The fourth-order valence-corrected chi connectivity index (χ4v) is 0.825. The molecular weight excluding hydrogens is 168 g/mol. The maximum absolute atomic E-state index is 9.96. The van der Waals surface area contributed by atoms with Gasteiger partial charge in [-0.1, -0.05) is 12.7 Å². The highest BCUT2D eigenvalue weighted by Crippen LogP contribution is 2.16. The van der Waals surface area contributed by atoms with Gasteiger partial charge in [0.2, 0.25) is 0 Å². The van der Waals surface area contributed by atoms with Gasteiger partial charge in [-0.2, -0.15) is 0 Å². The summed E-state index contributed by atoms with van der Waals surface area (Å²) < 4.78 is 9.84. The molecule has 0 saturated carbocycles. The molecular formula is C10H10O3. The van der Waals surface area contributed by atoms with E-state index in [4.69, 9.17) is 4.74 Å². The van der Waals surface area contributed by atoms with Crippen molar-refractivity contribution >= 4 is 6.47 Å². The van der Waals surface area contributed by atoms with Crippen LogP contribution in [0.5, 0.6) is 11.5 Å². The molecule has 0 saturated heterocycles. The van der Waals surface area contributed by atoms with Crippen LogP contribution in [0, 0.1) is 0 Å². The molecule has 0 amide bonds. The van der Waals surface area contributed by atoms with Crippen LogP contribution in [-0.2, 0) is 4.79 Å². The number of carbonyl (C=O) groups excluding carboxylic acids is 1. The van der Waals surface area contributed by atoms with Crippen LogP contribution in [0.25, 0.3) is 0 Å². The van der Waals surface area contributed by atoms with Gasteiger partial charge in [0, 0.05) is 0 Å². The van der Waals surface area contributed by atoms with Gasteiger partial charge in [-0.15, -0.1) is 0 Å². The lowest BCUT2D eigenvalue weighted by Gasteiger charge is -2.02. The van der Waals surface area contributed by atoms with Crippen LogP contribution in [0.4, 0.5) is 0 Å². The highest BCUT2D eigenvalue weighted by atomic mass is 16.5. The van der Waals surface area contributed by atoms with Gasteiger partial charge in [-0.05, 0) is 24.3 Å². The number of benzene rings is 1. The fourth-order valence-electron chi connectivity index (χ4n) is 0.825. The summed E-state index contributed by atoms with van der Waals surface area (Å²) in [5.41, 5.74) is 0. The average molecular weight is 178 g/mol. The third-order valence-electron chi connectivity index (χ3n) is 1.38. The lowest BCUT2D eigenvalue weighted by molar-refractivity contribution is -0.120. The van der Waals surface area contributed by atoms with Gasteiger partial charge in [-0.3, -0.25) is 4.79 Å². The van der Waals surface area contributed by atoms with E-state index in [0.717, 1.165) is 5.75 Å². The molecule has 68 valence electrons. The first-order valence-electron chi connectivity index (χ1n) is 3.81. The zero-order chi connectivity index (χ0) is 9.52. The van der Waals surface area contributed by atoms with E-state index in [1.807, 2.05) is 0 Å². The lowest BCUT2D eigenvalue weighted by Crippen LogP contribution is -1.93. The smallest absolute Gasteiger partial charge is 0.298 e. The topological polar surface area (TPSA) is 35.5 Å². The lowest BCUT2D eigenvalue weighted by atomic mass is 10.3. The van der Waals surface area contributed by atoms with Crippen molar-refractivity contribution in [1.82, 2.24) is 0 Å². The molecule has 0 atom stereocenters. The minimum absolute atomic E-state index is 0.388. The van der Waals surface area contributed by atoms with Gasteiger partial charge in [0.15, 0.2) is 0 Å². The maximum atomic E-state index is 9.96. The molecule has 1 aromatic rings. The zero-order valence-corrected chi connectivity index (χ0v) is 7.10. The number of hydrogen-bond acceptors (Lipinski definition) is 3. The molecule has 0 aliphatic carbocycles. The average Bonchev–Trinajstić information content (AvgIpc) is 2.17. The highest BCUT2D eigenvalue weighted by Gasteiger charge is 1.93. The van der Waals surface area contributed by atoms with Crippen LogP contribution < -0.4 is 9.47 Å². The van der Waals surface area contributed by atoms with Crippen LogP contribution in [-0.4, -0.2) is 13.1 Å². The number of rotatable bonds is 5. The molecule has 13 heavy (non-hydrogen) atoms. The third-order valence-corrected chi connectivity index (χ3v) is 1.38. The van der Waals surface area contributed by atoms with Gasteiger partial charge in [0.05, 0.1) is 0 Å².